The molecular formula is C26H28BrF2N5O2. The molecule has 0 saturated heterocycles. The van der Waals surface area contributed by atoms with Crippen molar-refractivity contribution in [2.75, 3.05) is 19.3 Å². The molecule has 0 bridgehead atoms. The van der Waals surface area contributed by atoms with E-state index < -0.39 is 23.6 Å². The molecule has 1 saturated carbocycles. The molecule has 1 unspecified atom stereocenters. The van der Waals surface area contributed by atoms with E-state index in [1.807, 2.05) is 0 Å². The number of rotatable bonds is 7. The van der Waals surface area contributed by atoms with Crippen LogP contribution in [-0.2, 0) is 0 Å². The van der Waals surface area contributed by atoms with Gasteiger partial charge < -0.3 is 21.5 Å². The Hall–Kier alpha value is -2.95. The first-order valence-electron chi connectivity index (χ1n) is 11.8. The van der Waals surface area contributed by atoms with Gasteiger partial charge >= 0.3 is 0 Å². The van der Waals surface area contributed by atoms with Crippen molar-refractivity contribution in [1.29, 1.82) is 0 Å². The second-order valence-electron chi connectivity index (χ2n) is 9.03. The van der Waals surface area contributed by atoms with E-state index in [9.17, 15) is 14.3 Å². The first kappa shape index (κ1) is 26.1. The normalized spacial score (nSPS) is 18.6. The first-order chi connectivity index (χ1) is 17.2. The summed E-state index contributed by atoms with van der Waals surface area (Å²) in [6.45, 7) is 0.316. The van der Waals surface area contributed by atoms with Crippen LogP contribution in [0.1, 0.15) is 59.3 Å². The van der Waals surface area contributed by atoms with Gasteiger partial charge in [0.25, 0.3) is 5.91 Å². The smallest absolute Gasteiger partial charge is 0.254 e. The molecule has 0 spiro atoms. The van der Waals surface area contributed by atoms with Crippen molar-refractivity contribution in [2.24, 2.45) is 0 Å². The summed E-state index contributed by atoms with van der Waals surface area (Å²) in [5.74, 6) is -1.62. The fraction of sp³-hybridized carbons (Fsp3) is 0.346. The number of hydrogen-bond donors (Lipinski definition) is 4. The standard InChI is InChI=1S/C26H28BrF2N5O2/c1-31-12-22(16-7-17(27)11-18(28)8-16)34-26(36)20-6-5-15(10-21(20)29)24-25(30)32-13-23(33-24)14-3-2-4-19(35)9-14/h5-8,10-11,13-14,19,22,31,35H,2-4,9,12H2,1H3,(H2,30,32)(H,34,36)/t14-,19+,22?/m1/s1. The lowest BCUT2D eigenvalue weighted by atomic mass is 9.85. The third kappa shape index (κ3) is 6.05. The van der Waals surface area contributed by atoms with Crippen LogP contribution in [0.2, 0.25) is 0 Å². The second-order valence-corrected chi connectivity index (χ2v) is 9.94. The number of aliphatic hydroxyl groups excluding tert-OH is 1. The molecule has 1 heterocycles. The molecule has 2 aromatic carbocycles. The van der Waals surface area contributed by atoms with Gasteiger partial charge in [-0.2, -0.15) is 0 Å². The van der Waals surface area contributed by atoms with Gasteiger partial charge in [0.1, 0.15) is 23.1 Å². The number of nitrogens with one attached hydrogen (secondary N) is 2. The van der Waals surface area contributed by atoms with Gasteiger partial charge in [0.05, 0.1) is 29.6 Å². The quantitative estimate of drug-likeness (QED) is 0.339. The van der Waals surface area contributed by atoms with Gasteiger partial charge in [0.15, 0.2) is 0 Å². The highest BCUT2D eigenvalue weighted by Gasteiger charge is 2.25. The maximum Gasteiger partial charge on any atom is 0.254 e. The van der Waals surface area contributed by atoms with E-state index in [1.165, 1.54) is 24.3 Å². The molecule has 0 radical (unpaired) electrons. The first-order valence-corrected chi connectivity index (χ1v) is 12.6. The Morgan fingerprint density at radius 2 is 2.06 bits per heavy atom. The van der Waals surface area contributed by atoms with Crippen LogP contribution in [0.3, 0.4) is 0 Å². The molecule has 0 aliphatic heterocycles. The van der Waals surface area contributed by atoms with E-state index in [0.29, 0.717) is 40.0 Å². The van der Waals surface area contributed by atoms with E-state index in [1.54, 1.807) is 25.4 Å². The number of hydrogen-bond acceptors (Lipinski definition) is 6. The largest absolute Gasteiger partial charge is 0.393 e. The summed E-state index contributed by atoms with van der Waals surface area (Å²) in [7, 11) is 1.70. The number of nitrogen functional groups attached to an aromatic ring is 1. The number of halogens is 3. The van der Waals surface area contributed by atoms with Gasteiger partial charge in [-0.25, -0.2) is 18.7 Å². The van der Waals surface area contributed by atoms with Crippen LogP contribution in [0.15, 0.2) is 47.1 Å². The molecule has 3 atom stereocenters. The minimum atomic E-state index is -0.742. The van der Waals surface area contributed by atoms with Crippen LogP contribution in [-0.4, -0.2) is 40.7 Å². The monoisotopic (exact) mass is 559 g/mol. The van der Waals surface area contributed by atoms with Crippen LogP contribution >= 0.6 is 15.9 Å². The molecule has 1 aliphatic rings. The number of benzene rings is 2. The van der Waals surface area contributed by atoms with Crippen LogP contribution in [0, 0.1) is 11.6 Å². The number of anilines is 1. The molecule has 7 nitrogen and oxygen atoms in total. The number of carbonyl (C=O) groups excluding carboxylic acids is 1. The lowest BCUT2D eigenvalue weighted by Gasteiger charge is -2.25. The van der Waals surface area contributed by atoms with Gasteiger partial charge in [-0.1, -0.05) is 28.4 Å². The molecule has 4 rings (SSSR count). The highest BCUT2D eigenvalue weighted by atomic mass is 79.9. The van der Waals surface area contributed by atoms with Crippen LogP contribution in [0.5, 0.6) is 0 Å². The number of likely N-dealkylation sites (N-methyl/N-ethyl adjacent to an activating group) is 1. The SMILES string of the molecule is CNCC(NC(=O)c1ccc(-c2nc([C@@H]3CCC[C@H](O)C3)cnc2N)cc1F)c1cc(F)cc(Br)c1. The molecule has 1 fully saturated rings. The average Bonchev–Trinajstić information content (AvgIpc) is 2.83. The summed E-state index contributed by atoms with van der Waals surface area (Å²) in [5.41, 5.74) is 7.86. The summed E-state index contributed by atoms with van der Waals surface area (Å²) in [6, 6.07) is 7.91. The second kappa shape index (κ2) is 11.4. The lowest BCUT2D eigenvalue weighted by molar-refractivity contribution is 0.0932. The third-order valence-corrected chi connectivity index (χ3v) is 6.83. The maximum atomic E-state index is 15.1. The molecule has 1 aliphatic carbocycles. The summed E-state index contributed by atoms with van der Waals surface area (Å²) in [6.07, 6.45) is 4.38. The zero-order chi connectivity index (χ0) is 25.8. The third-order valence-electron chi connectivity index (χ3n) is 6.37. The molecule has 1 amide bonds. The highest BCUT2D eigenvalue weighted by Crippen LogP contribution is 2.34. The molecule has 190 valence electrons. The minimum Gasteiger partial charge on any atom is -0.393 e. The van der Waals surface area contributed by atoms with E-state index in [4.69, 9.17) is 5.73 Å². The van der Waals surface area contributed by atoms with Gasteiger partial charge in [-0.05, 0) is 62.2 Å². The van der Waals surface area contributed by atoms with Crippen molar-refractivity contribution in [3.05, 3.63) is 75.5 Å². The zero-order valence-corrected chi connectivity index (χ0v) is 21.4. The van der Waals surface area contributed by atoms with Crippen LogP contribution in [0.25, 0.3) is 11.3 Å². The molecule has 10 heteroatoms. The van der Waals surface area contributed by atoms with Crippen molar-refractivity contribution in [3.63, 3.8) is 0 Å². The Kier molecular flexibility index (Phi) is 8.28. The zero-order valence-electron chi connectivity index (χ0n) is 19.8. The van der Waals surface area contributed by atoms with E-state index in [0.717, 1.165) is 19.3 Å². The fourth-order valence-corrected chi connectivity index (χ4v) is 5.05. The fourth-order valence-electron chi connectivity index (χ4n) is 4.57. The van der Waals surface area contributed by atoms with Crippen LogP contribution in [0.4, 0.5) is 14.6 Å². The molecular weight excluding hydrogens is 532 g/mol. The number of nitrogens with zero attached hydrogens (tertiary/aromatic N) is 2. The number of carbonyl (C=O) groups is 1. The highest BCUT2D eigenvalue weighted by molar-refractivity contribution is 9.10. The van der Waals surface area contributed by atoms with Gasteiger partial charge in [0, 0.05) is 22.5 Å². The van der Waals surface area contributed by atoms with E-state index in [-0.39, 0.29) is 23.4 Å². The Labute approximate surface area is 216 Å². The summed E-state index contributed by atoms with van der Waals surface area (Å²) >= 11 is 3.26. The van der Waals surface area contributed by atoms with Gasteiger partial charge in [0.2, 0.25) is 0 Å². The predicted octanol–water partition coefficient (Wildman–Crippen LogP) is 4.48. The van der Waals surface area contributed by atoms with Gasteiger partial charge in [-0.3, -0.25) is 4.79 Å². The number of amides is 1. The van der Waals surface area contributed by atoms with Gasteiger partial charge in [-0.15, -0.1) is 0 Å². The molecule has 3 aromatic rings. The number of nitrogens with two attached hydrogens (primary N) is 1. The molecule has 1 aromatic heterocycles. The Morgan fingerprint density at radius 1 is 1.25 bits per heavy atom. The van der Waals surface area contributed by atoms with E-state index in [2.05, 4.69) is 36.5 Å². The Morgan fingerprint density at radius 3 is 2.75 bits per heavy atom. The summed E-state index contributed by atoms with van der Waals surface area (Å²) in [4.78, 5) is 21.8. The summed E-state index contributed by atoms with van der Waals surface area (Å²) < 4.78 is 29.6. The summed E-state index contributed by atoms with van der Waals surface area (Å²) in [5, 5.41) is 15.7. The average molecular weight is 560 g/mol. The Balaban J connectivity index is 1.57. The Bertz CT molecular complexity index is 1240. The van der Waals surface area contributed by atoms with E-state index >= 15 is 4.39 Å². The predicted molar refractivity (Wildman–Crippen MR) is 137 cm³/mol. The van der Waals surface area contributed by atoms with Crippen molar-refractivity contribution in [1.82, 2.24) is 20.6 Å². The van der Waals surface area contributed by atoms with Crippen molar-refractivity contribution < 1.29 is 18.7 Å². The lowest BCUT2D eigenvalue weighted by Crippen LogP contribution is -2.35. The van der Waals surface area contributed by atoms with Crippen LogP contribution < -0.4 is 16.4 Å². The maximum absolute atomic E-state index is 15.1. The van der Waals surface area contributed by atoms with Crippen molar-refractivity contribution in [2.45, 2.75) is 43.7 Å². The molecule has 5 N–H and O–H groups in total. The minimum absolute atomic E-state index is 0.0578. The van der Waals surface area contributed by atoms with Crippen molar-refractivity contribution >= 4 is 27.7 Å². The number of aliphatic hydroxyl groups is 1. The molecule has 36 heavy (non-hydrogen) atoms. The van der Waals surface area contributed by atoms with Crippen molar-refractivity contribution in [3.8, 4) is 11.3 Å². The number of aromatic nitrogens is 2. The topological polar surface area (TPSA) is 113 Å².